The average molecular weight is 381 g/mol. The van der Waals surface area contributed by atoms with E-state index >= 15 is 0 Å². The molecule has 4 heteroatoms. The average Bonchev–Trinajstić information content (AvgIpc) is 2.96. The van der Waals surface area contributed by atoms with Crippen LogP contribution in [-0.4, -0.2) is 33.0 Å². The molecular weight excluding hydrogens is 348 g/mol. The van der Waals surface area contributed by atoms with Gasteiger partial charge in [0.2, 0.25) is 0 Å². The van der Waals surface area contributed by atoms with E-state index in [4.69, 9.17) is 9.72 Å². The van der Waals surface area contributed by atoms with Gasteiger partial charge in [0.25, 0.3) is 0 Å². The van der Waals surface area contributed by atoms with Crippen LogP contribution in [-0.2, 0) is 11.3 Å². The first-order chi connectivity index (χ1) is 13.7. The van der Waals surface area contributed by atoms with Gasteiger partial charge < -0.3 is 14.4 Å². The monoisotopic (exact) mass is 380 g/mol. The lowest BCUT2D eigenvalue weighted by atomic mass is 9.54. The van der Waals surface area contributed by atoms with Crippen molar-refractivity contribution in [2.24, 2.45) is 17.8 Å². The fourth-order valence-electron chi connectivity index (χ4n) is 7.01. The number of aliphatic hydroxyl groups excluding tert-OH is 1. The van der Waals surface area contributed by atoms with Gasteiger partial charge in [-0.3, -0.25) is 0 Å². The second-order valence-corrected chi connectivity index (χ2v) is 10.3. The third-order valence-electron chi connectivity index (χ3n) is 8.11. The molecule has 1 N–H and O–H groups in total. The van der Waals surface area contributed by atoms with Gasteiger partial charge in [-0.15, -0.1) is 0 Å². The number of ether oxygens (including phenoxy) is 1. The highest BCUT2D eigenvalue weighted by Crippen LogP contribution is 2.57. The lowest BCUT2D eigenvalue weighted by molar-refractivity contribution is -0.175. The summed E-state index contributed by atoms with van der Waals surface area (Å²) in [6.07, 6.45) is 11.3. The smallest absolute Gasteiger partial charge is 0.113 e. The van der Waals surface area contributed by atoms with Crippen molar-refractivity contribution in [1.82, 2.24) is 9.55 Å². The Balaban J connectivity index is 1.18. The van der Waals surface area contributed by atoms with Crippen LogP contribution < -0.4 is 0 Å². The molecule has 0 spiro atoms. The van der Waals surface area contributed by atoms with Crippen LogP contribution in [0.2, 0.25) is 0 Å². The first kappa shape index (κ1) is 17.5. The molecule has 1 aromatic heterocycles. The van der Waals surface area contributed by atoms with E-state index in [0.717, 1.165) is 28.8 Å². The van der Waals surface area contributed by atoms with Crippen molar-refractivity contribution in [3.05, 3.63) is 30.1 Å². The van der Waals surface area contributed by atoms with Crippen LogP contribution in [0, 0.1) is 17.8 Å². The van der Waals surface area contributed by atoms with Gasteiger partial charge in [0, 0.05) is 5.92 Å². The maximum absolute atomic E-state index is 10.9. The van der Waals surface area contributed by atoms with E-state index in [0.29, 0.717) is 19.1 Å². The Morgan fingerprint density at radius 3 is 2.39 bits per heavy atom. The molecule has 28 heavy (non-hydrogen) atoms. The number of rotatable bonds is 6. The zero-order chi connectivity index (χ0) is 18.7. The zero-order valence-electron chi connectivity index (χ0n) is 16.7. The summed E-state index contributed by atoms with van der Waals surface area (Å²) in [5.74, 6) is 4.37. The van der Waals surface area contributed by atoms with Crippen molar-refractivity contribution in [3.63, 3.8) is 0 Å². The maximum atomic E-state index is 10.9. The van der Waals surface area contributed by atoms with Crippen molar-refractivity contribution < 1.29 is 9.84 Å². The Morgan fingerprint density at radius 2 is 1.75 bits per heavy atom. The maximum Gasteiger partial charge on any atom is 0.113 e. The van der Waals surface area contributed by atoms with Crippen LogP contribution in [0.5, 0.6) is 0 Å². The summed E-state index contributed by atoms with van der Waals surface area (Å²) in [5, 5.41) is 10.9. The normalized spacial score (nSPS) is 35.4. The fraction of sp³-hybridized carbons (Fsp3) is 0.708. The molecule has 4 nitrogen and oxygen atoms in total. The molecule has 1 aromatic carbocycles. The number of imidazole rings is 1. The highest BCUT2D eigenvalue weighted by molar-refractivity contribution is 5.76. The van der Waals surface area contributed by atoms with Gasteiger partial charge >= 0.3 is 0 Å². The number of aliphatic hydroxyl groups is 1. The SMILES string of the molecule is OC(COC12CC3CC(CC(C3)C1)C2)Cn1c(C2CCC2)nc2ccccc21. The van der Waals surface area contributed by atoms with Crippen molar-refractivity contribution >= 4 is 11.0 Å². The zero-order valence-corrected chi connectivity index (χ0v) is 16.7. The molecule has 1 unspecified atom stereocenters. The van der Waals surface area contributed by atoms with Crippen molar-refractivity contribution in [2.45, 2.75) is 82.0 Å². The molecule has 150 valence electrons. The first-order valence-electron chi connectivity index (χ1n) is 11.4. The summed E-state index contributed by atoms with van der Waals surface area (Å²) >= 11 is 0. The number of nitrogens with zero attached hydrogens (tertiary/aromatic N) is 2. The predicted octanol–water partition coefficient (Wildman–Crippen LogP) is 4.65. The number of benzene rings is 1. The van der Waals surface area contributed by atoms with Crippen LogP contribution >= 0.6 is 0 Å². The van der Waals surface area contributed by atoms with E-state index in [2.05, 4.69) is 28.8 Å². The van der Waals surface area contributed by atoms with Gasteiger partial charge in [0.15, 0.2) is 0 Å². The van der Waals surface area contributed by atoms with Gasteiger partial charge in [-0.05, 0) is 81.3 Å². The molecular formula is C24H32N2O2. The molecule has 4 bridgehead atoms. The molecule has 2 aromatic rings. The molecule has 5 aliphatic rings. The highest BCUT2D eigenvalue weighted by atomic mass is 16.5. The third kappa shape index (κ3) is 2.91. The molecule has 7 rings (SSSR count). The summed E-state index contributed by atoms with van der Waals surface area (Å²) in [6, 6.07) is 8.35. The fourth-order valence-corrected chi connectivity index (χ4v) is 7.01. The summed E-state index contributed by atoms with van der Waals surface area (Å²) in [5.41, 5.74) is 2.28. The lowest BCUT2D eigenvalue weighted by Gasteiger charge is -2.56. The van der Waals surface area contributed by atoms with Crippen LogP contribution in [0.25, 0.3) is 11.0 Å². The van der Waals surface area contributed by atoms with Gasteiger partial charge in [-0.2, -0.15) is 0 Å². The minimum absolute atomic E-state index is 0.0730. The quantitative estimate of drug-likeness (QED) is 0.793. The van der Waals surface area contributed by atoms with E-state index in [-0.39, 0.29) is 5.60 Å². The summed E-state index contributed by atoms with van der Waals surface area (Å²) in [7, 11) is 0. The summed E-state index contributed by atoms with van der Waals surface area (Å²) in [4.78, 5) is 4.91. The summed E-state index contributed by atoms with van der Waals surface area (Å²) < 4.78 is 8.79. The van der Waals surface area contributed by atoms with E-state index < -0.39 is 6.10 Å². The van der Waals surface area contributed by atoms with E-state index in [9.17, 15) is 5.11 Å². The number of para-hydroxylation sites is 2. The number of aromatic nitrogens is 2. The number of hydrogen-bond donors (Lipinski definition) is 1. The third-order valence-corrected chi connectivity index (χ3v) is 8.11. The number of fused-ring (bicyclic) bond motifs is 1. The van der Waals surface area contributed by atoms with Crippen molar-refractivity contribution in [1.29, 1.82) is 0 Å². The Hall–Kier alpha value is -1.39. The molecule has 5 aliphatic carbocycles. The van der Waals surface area contributed by atoms with Gasteiger partial charge in [0.1, 0.15) is 5.82 Å². The Labute approximate surface area is 167 Å². The minimum atomic E-state index is -0.468. The van der Waals surface area contributed by atoms with Gasteiger partial charge in [0.05, 0.1) is 35.9 Å². The molecule has 1 heterocycles. The molecule has 5 saturated carbocycles. The highest BCUT2D eigenvalue weighted by Gasteiger charge is 2.51. The van der Waals surface area contributed by atoms with Gasteiger partial charge in [-0.1, -0.05) is 18.6 Å². The standard InChI is InChI=1S/C24H32N2O2/c27-20(15-28-24-11-16-8-17(12-24)10-18(9-16)13-24)14-26-22-7-2-1-6-21(22)25-23(26)19-4-3-5-19/h1-2,6-7,16-20,27H,3-5,8-15H2. The second kappa shape index (κ2) is 6.56. The Bertz CT molecular complexity index is 833. The van der Waals surface area contributed by atoms with Crippen LogP contribution in [0.1, 0.15) is 69.5 Å². The van der Waals surface area contributed by atoms with E-state index in [1.54, 1.807) is 0 Å². The first-order valence-corrected chi connectivity index (χ1v) is 11.4. The van der Waals surface area contributed by atoms with Crippen LogP contribution in [0.15, 0.2) is 24.3 Å². The molecule has 0 radical (unpaired) electrons. The van der Waals surface area contributed by atoms with Crippen molar-refractivity contribution in [3.8, 4) is 0 Å². The van der Waals surface area contributed by atoms with Crippen LogP contribution in [0.3, 0.4) is 0 Å². The van der Waals surface area contributed by atoms with Crippen LogP contribution in [0.4, 0.5) is 0 Å². The molecule has 0 amide bonds. The summed E-state index contributed by atoms with van der Waals surface area (Å²) in [6.45, 7) is 1.06. The van der Waals surface area contributed by atoms with Crippen molar-refractivity contribution in [2.75, 3.05) is 6.61 Å². The number of hydrogen-bond acceptors (Lipinski definition) is 3. The predicted molar refractivity (Wildman–Crippen MR) is 109 cm³/mol. The minimum Gasteiger partial charge on any atom is -0.389 e. The lowest BCUT2D eigenvalue weighted by Crippen LogP contribution is -2.52. The van der Waals surface area contributed by atoms with E-state index in [1.807, 2.05) is 0 Å². The topological polar surface area (TPSA) is 47.3 Å². The molecule has 1 atom stereocenters. The largest absolute Gasteiger partial charge is 0.389 e. The molecule has 0 aliphatic heterocycles. The van der Waals surface area contributed by atoms with E-state index in [1.165, 1.54) is 63.6 Å². The molecule has 0 saturated heterocycles. The molecule has 5 fully saturated rings. The second-order valence-electron chi connectivity index (χ2n) is 10.3. The Morgan fingerprint density at radius 1 is 1.07 bits per heavy atom. The van der Waals surface area contributed by atoms with Gasteiger partial charge in [-0.25, -0.2) is 4.98 Å². The Kier molecular flexibility index (Phi) is 4.09.